The van der Waals surface area contributed by atoms with Crippen LogP contribution in [0.5, 0.6) is 0 Å². The Kier molecular flexibility index (Phi) is 5.14. The lowest BCUT2D eigenvalue weighted by molar-refractivity contribution is -0.138. The molecule has 1 amide bonds. The minimum Gasteiger partial charge on any atom is -0.481 e. The van der Waals surface area contributed by atoms with Crippen LogP contribution in [0, 0.1) is 0 Å². The molecule has 2 N–H and O–H groups in total. The number of anilines is 1. The first kappa shape index (κ1) is 16.0. The minimum absolute atomic E-state index is 0.189. The summed E-state index contributed by atoms with van der Waals surface area (Å²) >= 11 is 0. The summed E-state index contributed by atoms with van der Waals surface area (Å²) in [6.07, 6.45) is -0.587. The summed E-state index contributed by atoms with van der Waals surface area (Å²) in [6.45, 7) is 0. The average Bonchev–Trinajstić information content (AvgIpc) is 2.37. The van der Waals surface area contributed by atoms with Gasteiger partial charge < -0.3 is 10.4 Å². The topological polar surface area (TPSA) is 101 Å². The van der Waals surface area contributed by atoms with Crippen molar-refractivity contribution in [3.05, 3.63) is 24.3 Å². The zero-order valence-corrected chi connectivity index (χ0v) is 10.9. The number of aliphatic carboxylic acids is 1. The Bertz CT molecular complexity index is 598. The summed E-state index contributed by atoms with van der Waals surface area (Å²) < 4.78 is 46.8. The fourth-order valence-electron chi connectivity index (χ4n) is 1.27. The quantitative estimate of drug-likeness (QED) is 0.829. The van der Waals surface area contributed by atoms with E-state index in [2.05, 4.69) is 5.32 Å². The predicted molar refractivity (Wildman–Crippen MR) is 65.1 cm³/mol. The zero-order valence-electron chi connectivity index (χ0n) is 10.0. The van der Waals surface area contributed by atoms with Crippen molar-refractivity contribution < 1.29 is 31.9 Å². The lowest BCUT2D eigenvalue weighted by atomic mass is 10.2. The van der Waals surface area contributed by atoms with Gasteiger partial charge in [0.15, 0.2) is 0 Å². The molecule has 0 spiro atoms. The van der Waals surface area contributed by atoms with E-state index < -0.39 is 32.4 Å². The van der Waals surface area contributed by atoms with Crippen molar-refractivity contribution in [3.8, 4) is 0 Å². The summed E-state index contributed by atoms with van der Waals surface area (Å²) in [7, 11) is -4.67. The maximum atomic E-state index is 12.3. The second-order valence-electron chi connectivity index (χ2n) is 3.77. The van der Waals surface area contributed by atoms with Gasteiger partial charge in [-0.2, -0.15) is 8.78 Å². The van der Waals surface area contributed by atoms with Gasteiger partial charge in [0.25, 0.3) is 0 Å². The number of carbonyl (C=O) groups is 2. The van der Waals surface area contributed by atoms with Crippen LogP contribution in [0.3, 0.4) is 0 Å². The molecule has 1 aromatic rings. The molecule has 0 unspecified atom stereocenters. The first-order chi connectivity index (χ1) is 9.23. The number of carbonyl (C=O) groups excluding carboxylic acids is 1. The van der Waals surface area contributed by atoms with Crippen LogP contribution in [0.4, 0.5) is 14.5 Å². The Labute approximate surface area is 113 Å². The van der Waals surface area contributed by atoms with Crippen molar-refractivity contribution >= 4 is 27.4 Å². The van der Waals surface area contributed by atoms with E-state index in [-0.39, 0.29) is 18.5 Å². The lowest BCUT2D eigenvalue weighted by Crippen LogP contribution is -2.14. The van der Waals surface area contributed by atoms with E-state index in [4.69, 9.17) is 5.11 Å². The second-order valence-corrected chi connectivity index (χ2v) is 5.69. The van der Waals surface area contributed by atoms with Crippen LogP contribution in [0.1, 0.15) is 12.8 Å². The molecule has 0 aromatic heterocycles. The van der Waals surface area contributed by atoms with Crippen LogP contribution in [0.2, 0.25) is 0 Å². The Hall–Kier alpha value is -2.03. The van der Waals surface area contributed by atoms with E-state index in [1.54, 1.807) is 0 Å². The number of benzene rings is 1. The third kappa shape index (κ3) is 4.26. The van der Waals surface area contributed by atoms with Crippen molar-refractivity contribution in [2.24, 2.45) is 0 Å². The molecule has 0 fully saturated rings. The molecule has 0 saturated carbocycles. The number of hydrogen-bond donors (Lipinski definition) is 2. The van der Waals surface area contributed by atoms with Gasteiger partial charge in [-0.3, -0.25) is 9.59 Å². The Morgan fingerprint density at radius 3 is 2.15 bits per heavy atom. The summed E-state index contributed by atoms with van der Waals surface area (Å²) in [5.41, 5.74) is 0.189. The van der Waals surface area contributed by atoms with Gasteiger partial charge in [-0.1, -0.05) is 0 Å². The normalized spacial score (nSPS) is 11.3. The predicted octanol–water partition coefficient (Wildman–Crippen LogP) is 1.49. The van der Waals surface area contributed by atoms with E-state index in [1.165, 1.54) is 0 Å². The van der Waals surface area contributed by atoms with Gasteiger partial charge in [0.1, 0.15) is 0 Å². The maximum Gasteiger partial charge on any atom is 0.341 e. The van der Waals surface area contributed by atoms with Crippen LogP contribution >= 0.6 is 0 Å². The highest BCUT2D eigenvalue weighted by atomic mass is 32.2. The molecule has 110 valence electrons. The van der Waals surface area contributed by atoms with E-state index in [0.29, 0.717) is 0 Å². The highest BCUT2D eigenvalue weighted by Crippen LogP contribution is 2.20. The zero-order chi connectivity index (χ0) is 15.3. The molecule has 0 aliphatic heterocycles. The Morgan fingerprint density at radius 1 is 1.15 bits per heavy atom. The maximum absolute atomic E-state index is 12.3. The first-order valence-electron chi connectivity index (χ1n) is 5.37. The summed E-state index contributed by atoms with van der Waals surface area (Å²) in [4.78, 5) is 21.0. The van der Waals surface area contributed by atoms with Crippen molar-refractivity contribution in [2.45, 2.75) is 23.5 Å². The van der Waals surface area contributed by atoms with Crippen LogP contribution in [0.15, 0.2) is 29.2 Å². The van der Waals surface area contributed by atoms with Crippen LogP contribution in [0.25, 0.3) is 0 Å². The van der Waals surface area contributed by atoms with Gasteiger partial charge >= 0.3 is 11.7 Å². The second kappa shape index (κ2) is 6.42. The van der Waals surface area contributed by atoms with Crippen molar-refractivity contribution in [1.82, 2.24) is 0 Å². The van der Waals surface area contributed by atoms with Gasteiger partial charge in [0.05, 0.1) is 11.3 Å². The first-order valence-corrected chi connectivity index (χ1v) is 6.92. The summed E-state index contributed by atoms with van der Waals surface area (Å²) in [6, 6.07) is 4.17. The standard InChI is InChI=1S/C11H11F2NO5S/c12-11(13)20(18,19)8-3-1-7(2-4-8)14-9(15)5-6-10(16)17/h1-4,11H,5-6H2,(H,14,15)(H,16,17). The van der Waals surface area contributed by atoms with Crippen molar-refractivity contribution in [1.29, 1.82) is 0 Å². The fraction of sp³-hybridized carbons (Fsp3) is 0.273. The van der Waals surface area contributed by atoms with Crippen LogP contribution < -0.4 is 5.32 Å². The molecule has 6 nitrogen and oxygen atoms in total. The highest BCUT2D eigenvalue weighted by molar-refractivity contribution is 7.91. The van der Waals surface area contributed by atoms with Gasteiger partial charge in [0, 0.05) is 12.1 Å². The van der Waals surface area contributed by atoms with E-state index >= 15 is 0 Å². The Balaban J connectivity index is 2.73. The molecule has 20 heavy (non-hydrogen) atoms. The van der Waals surface area contributed by atoms with Gasteiger partial charge in [-0.05, 0) is 24.3 Å². The molecule has 0 heterocycles. The third-order valence-electron chi connectivity index (χ3n) is 2.27. The van der Waals surface area contributed by atoms with Crippen LogP contribution in [-0.4, -0.2) is 31.2 Å². The Morgan fingerprint density at radius 2 is 1.70 bits per heavy atom. The van der Waals surface area contributed by atoms with Crippen molar-refractivity contribution in [3.63, 3.8) is 0 Å². The molecule has 0 bridgehead atoms. The molecule has 0 aliphatic rings. The molecule has 9 heteroatoms. The third-order valence-corrected chi connectivity index (χ3v) is 3.67. The minimum atomic E-state index is -4.67. The number of sulfone groups is 1. The van der Waals surface area contributed by atoms with Gasteiger partial charge in [0.2, 0.25) is 15.7 Å². The number of rotatable bonds is 6. The monoisotopic (exact) mass is 307 g/mol. The highest BCUT2D eigenvalue weighted by Gasteiger charge is 2.26. The number of amides is 1. The number of alkyl halides is 2. The molecular formula is C11H11F2NO5S. The largest absolute Gasteiger partial charge is 0.481 e. The molecule has 1 aromatic carbocycles. The molecule has 0 aliphatic carbocycles. The number of hydrogen-bond acceptors (Lipinski definition) is 4. The molecule has 0 saturated heterocycles. The van der Waals surface area contributed by atoms with Gasteiger partial charge in [-0.25, -0.2) is 8.42 Å². The van der Waals surface area contributed by atoms with E-state index in [0.717, 1.165) is 24.3 Å². The van der Waals surface area contributed by atoms with Crippen LogP contribution in [-0.2, 0) is 19.4 Å². The van der Waals surface area contributed by atoms with Gasteiger partial charge in [-0.15, -0.1) is 0 Å². The summed E-state index contributed by atoms with van der Waals surface area (Å²) in [5.74, 6) is -5.21. The SMILES string of the molecule is O=C(O)CCC(=O)Nc1ccc(S(=O)(=O)C(F)F)cc1. The smallest absolute Gasteiger partial charge is 0.341 e. The molecule has 1 rings (SSSR count). The number of carboxylic acid groups (broad SMARTS) is 1. The number of nitrogens with one attached hydrogen (secondary N) is 1. The van der Waals surface area contributed by atoms with E-state index in [9.17, 15) is 26.8 Å². The van der Waals surface area contributed by atoms with Crippen molar-refractivity contribution in [2.75, 3.05) is 5.32 Å². The lowest BCUT2D eigenvalue weighted by Gasteiger charge is -2.06. The fourth-order valence-corrected chi connectivity index (χ4v) is 2.00. The van der Waals surface area contributed by atoms with E-state index in [1.807, 2.05) is 0 Å². The number of carboxylic acids is 1. The average molecular weight is 307 g/mol. The summed E-state index contributed by atoms with van der Waals surface area (Å²) in [5, 5.41) is 10.7. The number of halogens is 2. The molecular weight excluding hydrogens is 296 g/mol. The molecule has 0 radical (unpaired) electrons. The molecule has 0 atom stereocenters.